The van der Waals surface area contributed by atoms with Crippen molar-refractivity contribution in [3.05, 3.63) is 29.3 Å². The van der Waals surface area contributed by atoms with Crippen LogP contribution in [-0.4, -0.2) is 35.3 Å². The molecule has 5 heteroatoms. The minimum Gasteiger partial charge on any atom is -0.339 e. The molecule has 23 heavy (non-hydrogen) atoms. The first-order valence-corrected chi connectivity index (χ1v) is 8.18. The molecule has 1 aliphatic rings. The lowest BCUT2D eigenvalue weighted by Crippen LogP contribution is -2.45. The van der Waals surface area contributed by atoms with Gasteiger partial charge >= 0.3 is 0 Å². The maximum Gasteiger partial charge on any atom is 0.253 e. The Kier molecular flexibility index (Phi) is 5.09. The minimum atomic E-state index is -0.939. The lowest BCUT2D eigenvalue weighted by atomic mass is 9.98. The summed E-state index contributed by atoms with van der Waals surface area (Å²) in [7, 11) is 0. The van der Waals surface area contributed by atoms with Crippen molar-refractivity contribution in [1.29, 1.82) is 0 Å². The SMILES string of the molecule is Cc1cc(C(=O)N2CCC(C)CC2)ccc1NC(=O)C(C)(C)N. The zero-order valence-corrected chi connectivity index (χ0v) is 14.5. The molecular weight excluding hydrogens is 290 g/mol. The van der Waals surface area contributed by atoms with Crippen molar-refractivity contribution in [2.75, 3.05) is 18.4 Å². The van der Waals surface area contributed by atoms with E-state index in [4.69, 9.17) is 5.73 Å². The number of anilines is 1. The number of likely N-dealkylation sites (tertiary alicyclic amines) is 1. The molecule has 3 N–H and O–H groups in total. The highest BCUT2D eigenvalue weighted by Gasteiger charge is 2.24. The smallest absolute Gasteiger partial charge is 0.253 e. The number of hydrogen-bond acceptors (Lipinski definition) is 3. The summed E-state index contributed by atoms with van der Waals surface area (Å²) < 4.78 is 0. The predicted octanol–water partition coefficient (Wildman–Crippen LogP) is 2.54. The zero-order chi connectivity index (χ0) is 17.2. The number of piperidine rings is 1. The number of nitrogens with two attached hydrogens (primary N) is 1. The monoisotopic (exact) mass is 317 g/mol. The molecule has 1 aliphatic heterocycles. The van der Waals surface area contributed by atoms with Crippen LogP contribution in [0.5, 0.6) is 0 Å². The third-order valence-electron chi connectivity index (χ3n) is 4.38. The van der Waals surface area contributed by atoms with Gasteiger partial charge in [-0.3, -0.25) is 9.59 Å². The molecule has 0 bridgehead atoms. The van der Waals surface area contributed by atoms with Crippen LogP contribution in [-0.2, 0) is 4.79 Å². The molecule has 1 fully saturated rings. The Morgan fingerprint density at radius 3 is 2.39 bits per heavy atom. The predicted molar refractivity (Wildman–Crippen MR) is 92.4 cm³/mol. The van der Waals surface area contributed by atoms with Gasteiger partial charge in [0.2, 0.25) is 5.91 Å². The fourth-order valence-corrected chi connectivity index (χ4v) is 2.61. The van der Waals surface area contributed by atoms with Crippen LogP contribution < -0.4 is 11.1 Å². The number of carbonyl (C=O) groups excluding carboxylic acids is 2. The summed E-state index contributed by atoms with van der Waals surface area (Å²) in [6.45, 7) is 9.06. The van der Waals surface area contributed by atoms with Crippen LogP contribution in [0.25, 0.3) is 0 Å². The van der Waals surface area contributed by atoms with Gasteiger partial charge in [0.15, 0.2) is 0 Å². The molecule has 5 nitrogen and oxygen atoms in total. The van der Waals surface area contributed by atoms with Gasteiger partial charge in [0.1, 0.15) is 0 Å². The molecule has 0 saturated carbocycles. The molecule has 1 heterocycles. The molecule has 0 atom stereocenters. The van der Waals surface area contributed by atoms with Crippen LogP contribution in [0, 0.1) is 12.8 Å². The standard InChI is InChI=1S/C18H27N3O2/c1-12-7-9-21(10-8-12)16(22)14-5-6-15(13(2)11-14)20-17(23)18(3,4)19/h5-6,11-12H,7-10,19H2,1-4H3,(H,20,23). The van der Waals surface area contributed by atoms with Gasteiger partial charge in [0.05, 0.1) is 5.54 Å². The fourth-order valence-electron chi connectivity index (χ4n) is 2.61. The topological polar surface area (TPSA) is 75.4 Å². The number of aryl methyl sites for hydroxylation is 1. The molecule has 1 saturated heterocycles. The van der Waals surface area contributed by atoms with Crippen LogP contribution in [0.15, 0.2) is 18.2 Å². The number of nitrogens with zero attached hydrogens (tertiary/aromatic N) is 1. The van der Waals surface area contributed by atoms with Crippen LogP contribution in [0.1, 0.15) is 49.5 Å². The summed E-state index contributed by atoms with van der Waals surface area (Å²) in [5.74, 6) is 0.514. The molecule has 2 rings (SSSR count). The van der Waals surface area contributed by atoms with Crippen molar-refractivity contribution in [1.82, 2.24) is 4.90 Å². The quantitative estimate of drug-likeness (QED) is 0.899. The number of rotatable bonds is 3. The largest absolute Gasteiger partial charge is 0.339 e. The Balaban J connectivity index is 2.10. The second kappa shape index (κ2) is 6.71. The van der Waals surface area contributed by atoms with Crippen molar-refractivity contribution < 1.29 is 9.59 Å². The molecule has 126 valence electrons. The first kappa shape index (κ1) is 17.5. The number of nitrogens with one attached hydrogen (secondary N) is 1. The summed E-state index contributed by atoms with van der Waals surface area (Å²) in [6, 6.07) is 5.38. The van der Waals surface area contributed by atoms with Gasteiger partial charge in [-0.2, -0.15) is 0 Å². The van der Waals surface area contributed by atoms with E-state index in [2.05, 4.69) is 12.2 Å². The second-order valence-corrected chi connectivity index (χ2v) is 7.18. The van der Waals surface area contributed by atoms with Crippen LogP contribution in [0.4, 0.5) is 5.69 Å². The van der Waals surface area contributed by atoms with Gasteiger partial charge in [-0.1, -0.05) is 6.92 Å². The van der Waals surface area contributed by atoms with E-state index >= 15 is 0 Å². The van der Waals surface area contributed by atoms with Gasteiger partial charge in [0.25, 0.3) is 5.91 Å². The normalized spacial score (nSPS) is 16.3. The maximum absolute atomic E-state index is 12.6. The molecule has 0 aromatic heterocycles. The molecular formula is C18H27N3O2. The molecule has 0 spiro atoms. The van der Waals surface area contributed by atoms with Gasteiger partial charge in [-0.15, -0.1) is 0 Å². The molecule has 1 aromatic rings. The number of carbonyl (C=O) groups is 2. The van der Waals surface area contributed by atoms with Gasteiger partial charge in [-0.05, 0) is 63.3 Å². The highest BCUT2D eigenvalue weighted by molar-refractivity contribution is 5.99. The highest BCUT2D eigenvalue weighted by Crippen LogP contribution is 2.21. The number of amides is 2. The average Bonchev–Trinajstić information content (AvgIpc) is 2.48. The minimum absolute atomic E-state index is 0.0667. The molecule has 0 unspecified atom stereocenters. The Bertz CT molecular complexity index is 597. The van der Waals surface area contributed by atoms with Crippen molar-refractivity contribution in [2.45, 2.75) is 46.1 Å². The number of benzene rings is 1. The molecule has 2 amide bonds. The Labute approximate surface area is 138 Å². The fraction of sp³-hybridized carbons (Fsp3) is 0.556. The Morgan fingerprint density at radius 1 is 1.26 bits per heavy atom. The Hall–Kier alpha value is -1.88. The van der Waals surface area contributed by atoms with Crippen molar-refractivity contribution in [3.63, 3.8) is 0 Å². The van der Waals surface area contributed by atoms with Crippen LogP contribution in [0.3, 0.4) is 0 Å². The molecule has 1 aromatic carbocycles. The van der Waals surface area contributed by atoms with Crippen LogP contribution in [0.2, 0.25) is 0 Å². The van der Waals surface area contributed by atoms with E-state index in [1.165, 1.54) is 0 Å². The summed E-state index contributed by atoms with van der Waals surface area (Å²) in [5, 5.41) is 2.81. The second-order valence-electron chi connectivity index (χ2n) is 7.18. The first-order chi connectivity index (χ1) is 10.7. The summed E-state index contributed by atoms with van der Waals surface area (Å²) in [4.78, 5) is 26.5. The van der Waals surface area contributed by atoms with E-state index in [1.807, 2.05) is 17.9 Å². The average molecular weight is 317 g/mol. The third-order valence-corrected chi connectivity index (χ3v) is 4.38. The van der Waals surface area contributed by atoms with E-state index in [-0.39, 0.29) is 11.8 Å². The van der Waals surface area contributed by atoms with Gasteiger partial charge < -0.3 is 16.0 Å². The lowest BCUT2D eigenvalue weighted by Gasteiger charge is -2.30. The lowest BCUT2D eigenvalue weighted by molar-refractivity contribution is -0.120. The van der Waals surface area contributed by atoms with Crippen LogP contribution >= 0.6 is 0 Å². The maximum atomic E-state index is 12.6. The van der Waals surface area contributed by atoms with E-state index in [0.717, 1.165) is 31.5 Å². The summed E-state index contributed by atoms with van der Waals surface area (Å²) in [5.41, 5.74) is 7.07. The molecule has 0 aliphatic carbocycles. The van der Waals surface area contributed by atoms with Gasteiger partial charge in [0, 0.05) is 24.3 Å². The number of hydrogen-bond donors (Lipinski definition) is 2. The first-order valence-electron chi connectivity index (χ1n) is 8.18. The summed E-state index contributed by atoms with van der Waals surface area (Å²) >= 11 is 0. The Morgan fingerprint density at radius 2 is 1.87 bits per heavy atom. The molecule has 0 radical (unpaired) electrons. The van der Waals surface area contributed by atoms with Crippen molar-refractivity contribution in [3.8, 4) is 0 Å². The van der Waals surface area contributed by atoms with Crippen molar-refractivity contribution >= 4 is 17.5 Å². The van der Waals surface area contributed by atoms with E-state index in [1.54, 1.807) is 26.0 Å². The van der Waals surface area contributed by atoms with E-state index < -0.39 is 5.54 Å². The zero-order valence-electron chi connectivity index (χ0n) is 14.5. The highest BCUT2D eigenvalue weighted by atomic mass is 16.2. The third kappa shape index (κ3) is 4.32. The van der Waals surface area contributed by atoms with E-state index in [9.17, 15) is 9.59 Å². The van der Waals surface area contributed by atoms with Crippen molar-refractivity contribution in [2.24, 2.45) is 11.7 Å². The summed E-state index contributed by atoms with van der Waals surface area (Å²) in [6.07, 6.45) is 2.12. The van der Waals surface area contributed by atoms with Gasteiger partial charge in [-0.25, -0.2) is 0 Å². The van der Waals surface area contributed by atoms with E-state index in [0.29, 0.717) is 17.2 Å².